The second kappa shape index (κ2) is 9.14. The molecule has 2 heterocycles. The highest BCUT2D eigenvalue weighted by atomic mass is 32.1. The maximum absolute atomic E-state index is 12.0. The van der Waals surface area contributed by atoms with Crippen LogP contribution in [0.25, 0.3) is 21.5 Å². The van der Waals surface area contributed by atoms with E-state index in [1.807, 2.05) is 32.0 Å². The normalized spacial score (nSPS) is 10.1. The number of allylic oxidation sites excluding steroid dienone is 1. The van der Waals surface area contributed by atoms with Crippen molar-refractivity contribution in [3.05, 3.63) is 47.4 Å². The number of ether oxygens (including phenoxy) is 2. The fourth-order valence-electron chi connectivity index (χ4n) is 2.47. The van der Waals surface area contributed by atoms with Gasteiger partial charge in [-0.1, -0.05) is 6.08 Å². The minimum Gasteiger partial charge on any atom is -0.497 e. The zero-order valence-electron chi connectivity index (χ0n) is 15.9. The Morgan fingerprint density at radius 3 is 2.63 bits per heavy atom. The van der Waals surface area contributed by atoms with Crippen LogP contribution in [0.3, 0.4) is 0 Å². The number of thiophene rings is 1. The lowest BCUT2D eigenvalue weighted by Crippen LogP contribution is -2.01. The van der Waals surface area contributed by atoms with E-state index in [0.29, 0.717) is 22.0 Å². The van der Waals surface area contributed by atoms with Gasteiger partial charge in [-0.25, -0.2) is 14.8 Å². The number of anilines is 1. The highest BCUT2D eigenvalue weighted by Gasteiger charge is 2.18. The summed E-state index contributed by atoms with van der Waals surface area (Å²) in [6.45, 7) is 9.32. The number of methoxy groups -OCH3 is 1. The molecule has 0 radical (unpaired) electrons. The number of nitrogen functional groups attached to an aromatic ring is 1. The van der Waals surface area contributed by atoms with Crippen LogP contribution >= 0.6 is 11.3 Å². The maximum Gasteiger partial charge on any atom is 0.348 e. The van der Waals surface area contributed by atoms with Gasteiger partial charge < -0.3 is 15.2 Å². The molecule has 27 heavy (non-hydrogen) atoms. The Hall–Kier alpha value is -2.93. The lowest BCUT2D eigenvalue weighted by atomic mass is 10.0. The first-order chi connectivity index (χ1) is 12.9. The van der Waals surface area contributed by atoms with Gasteiger partial charge in [-0.3, -0.25) is 0 Å². The van der Waals surface area contributed by atoms with Gasteiger partial charge in [0.1, 0.15) is 15.5 Å². The van der Waals surface area contributed by atoms with Gasteiger partial charge in [-0.15, -0.1) is 17.9 Å². The van der Waals surface area contributed by atoms with Crippen LogP contribution in [0.1, 0.15) is 29.1 Å². The lowest BCUT2D eigenvalue weighted by Gasteiger charge is -2.09. The van der Waals surface area contributed by atoms with E-state index >= 15 is 0 Å². The first-order valence-electron chi connectivity index (χ1n) is 8.41. The number of fused-ring (bicyclic) bond motifs is 1. The molecule has 0 aliphatic rings. The molecule has 0 aliphatic carbocycles. The van der Waals surface area contributed by atoms with E-state index in [-0.39, 0.29) is 11.9 Å². The summed E-state index contributed by atoms with van der Waals surface area (Å²) in [7, 11) is 1.62. The minimum absolute atomic E-state index is 0.171. The molecule has 0 atom stereocenters. The van der Waals surface area contributed by atoms with Crippen LogP contribution in [0.4, 0.5) is 5.95 Å². The fraction of sp³-hybridized carbons (Fsp3) is 0.250. The molecule has 7 heteroatoms. The second-order valence-electron chi connectivity index (χ2n) is 5.57. The molecular weight excluding hydrogens is 362 g/mol. The number of carbonyl (C=O) groups is 1. The Morgan fingerprint density at radius 2 is 2.04 bits per heavy atom. The van der Waals surface area contributed by atoms with E-state index in [2.05, 4.69) is 16.5 Å². The number of nitrogens with two attached hydrogens (primary N) is 1. The van der Waals surface area contributed by atoms with Crippen LogP contribution in [-0.4, -0.2) is 29.7 Å². The number of aryl methyl sites for hydroxylation is 1. The summed E-state index contributed by atoms with van der Waals surface area (Å²) in [5.74, 6) is 0.577. The molecule has 1 aromatic carbocycles. The number of aromatic nitrogens is 2. The predicted molar refractivity (Wildman–Crippen MR) is 110 cm³/mol. The fourth-order valence-corrected chi connectivity index (χ4v) is 3.41. The van der Waals surface area contributed by atoms with Crippen LogP contribution in [0.5, 0.6) is 5.75 Å². The average Bonchev–Trinajstić information content (AvgIpc) is 3.06. The van der Waals surface area contributed by atoms with Crippen molar-refractivity contribution in [3.63, 3.8) is 0 Å². The highest BCUT2D eigenvalue weighted by molar-refractivity contribution is 7.20. The SMILES string of the molecule is C=CC.CCOC(=O)c1cc2c(-c3ccc(OC)cc3C)nc(N)nc2s1. The van der Waals surface area contributed by atoms with Gasteiger partial charge in [0.25, 0.3) is 0 Å². The van der Waals surface area contributed by atoms with Crippen LogP contribution in [0.15, 0.2) is 36.9 Å². The van der Waals surface area contributed by atoms with E-state index in [9.17, 15) is 4.79 Å². The molecule has 0 amide bonds. The van der Waals surface area contributed by atoms with Gasteiger partial charge in [0.15, 0.2) is 0 Å². The number of benzene rings is 1. The summed E-state index contributed by atoms with van der Waals surface area (Å²) in [4.78, 5) is 21.8. The van der Waals surface area contributed by atoms with E-state index in [4.69, 9.17) is 15.2 Å². The first kappa shape index (κ1) is 20.4. The molecule has 3 rings (SSSR count). The van der Waals surface area contributed by atoms with Crippen LogP contribution < -0.4 is 10.5 Å². The van der Waals surface area contributed by atoms with Crippen LogP contribution in [-0.2, 0) is 4.74 Å². The molecular formula is C20H23N3O3S. The number of carbonyl (C=O) groups excluding carboxylic acids is 1. The Bertz CT molecular complexity index is 967. The molecule has 0 saturated heterocycles. The van der Waals surface area contributed by atoms with Gasteiger partial charge in [-0.2, -0.15) is 0 Å². The third-order valence-electron chi connectivity index (χ3n) is 3.58. The monoisotopic (exact) mass is 385 g/mol. The van der Waals surface area contributed by atoms with Gasteiger partial charge in [0, 0.05) is 10.9 Å². The molecule has 0 unspecified atom stereocenters. The first-order valence-corrected chi connectivity index (χ1v) is 9.23. The van der Waals surface area contributed by atoms with E-state index in [0.717, 1.165) is 22.3 Å². The molecule has 0 saturated carbocycles. The van der Waals surface area contributed by atoms with E-state index in [1.165, 1.54) is 11.3 Å². The molecule has 6 nitrogen and oxygen atoms in total. The third-order valence-corrected chi connectivity index (χ3v) is 4.58. The van der Waals surface area contributed by atoms with Crippen LogP contribution in [0, 0.1) is 6.92 Å². The molecule has 0 fully saturated rings. The molecule has 142 valence electrons. The molecule has 0 bridgehead atoms. The maximum atomic E-state index is 12.0. The largest absolute Gasteiger partial charge is 0.497 e. The Kier molecular flexibility index (Phi) is 6.90. The average molecular weight is 385 g/mol. The van der Waals surface area contributed by atoms with Gasteiger partial charge in [0.05, 0.1) is 19.4 Å². The minimum atomic E-state index is -0.364. The van der Waals surface area contributed by atoms with Gasteiger partial charge in [-0.05, 0) is 50.6 Å². The zero-order chi connectivity index (χ0) is 20.0. The number of rotatable bonds is 4. The van der Waals surface area contributed by atoms with Crippen molar-refractivity contribution < 1.29 is 14.3 Å². The standard InChI is InChI=1S/C17H17N3O3S.C3H6/c1-4-23-16(21)13-8-12-14(19-17(18)20-15(12)24-13)11-6-5-10(22-3)7-9(11)2;1-3-2/h5-8H,4H2,1-3H3,(H2,18,19,20);3H,1H2,2H3. The zero-order valence-corrected chi connectivity index (χ0v) is 16.7. The molecule has 0 aliphatic heterocycles. The second-order valence-corrected chi connectivity index (χ2v) is 6.60. The van der Waals surface area contributed by atoms with Crippen LogP contribution in [0.2, 0.25) is 0 Å². The topological polar surface area (TPSA) is 87.3 Å². The number of hydrogen-bond acceptors (Lipinski definition) is 7. The summed E-state index contributed by atoms with van der Waals surface area (Å²) < 4.78 is 10.3. The van der Waals surface area contributed by atoms with E-state index in [1.54, 1.807) is 26.2 Å². The van der Waals surface area contributed by atoms with Crippen molar-refractivity contribution in [2.45, 2.75) is 20.8 Å². The summed E-state index contributed by atoms with van der Waals surface area (Å²) in [6, 6.07) is 7.48. The summed E-state index contributed by atoms with van der Waals surface area (Å²) in [5.41, 5.74) is 8.47. The van der Waals surface area contributed by atoms with Crippen molar-refractivity contribution in [3.8, 4) is 17.0 Å². The molecule has 0 spiro atoms. The number of esters is 1. The smallest absolute Gasteiger partial charge is 0.348 e. The Morgan fingerprint density at radius 1 is 1.33 bits per heavy atom. The third kappa shape index (κ3) is 4.62. The summed E-state index contributed by atoms with van der Waals surface area (Å²) >= 11 is 1.25. The number of nitrogens with zero attached hydrogens (tertiary/aromatic N) is 2. The van der Waals surface area contributed by atoms with E-state index < -0.39 is 0 Å². The van der Waals surface area contributed by atoms with Crippen molar-refractivity contribution in [2.75, 3.05) is 19.5 Å². The Balaban J connectivity index is 0.000000817. The summed E-state index contributed by atoms with van der Waals surface area (Å²) in [6.07, 6.45) is 1.75. The molecule has 2 aromatic heterocycles. The van der Waals surface area contributed by atoms with Crippen molar-refractivity contribution in [1.29, 1.82) is 0 Å². The predicted octanol–water partition coefficient (Wildman–Crippen LogP) is 4.63. The van der Waals surface area contributed by atoms with Gasteiger partial charge in [0.2, 0.25) is 5.95 Å². The summed E-state index contributed by atoms with van der Waals surface area (Å²) in [5, 5.41) is 0.783. The van der Waals surface area contributed by atoms with Crippen molar-refractivity contribution >= 4 is 33.5 Å². The molecule has 3 aromatic rings. The quantitative estimate of drug-likeness (QED) is 0.520. The van der Waals surface area contributed by atoms with Crippen molar-refractivity contribution in [2.24, 2.45) is 0 Å². The number of hydrogen-bond donors (Lipinski definition) is 1. The molecule has 2 N–H and O–H groups in total. The van der Waals surface area contributed by atoms with Gasteiger partial charge >= 0.3 is 5.97 Å². The van der Waals surface area contributed by atoms with Crippen molar-refractivity contribution in [1.82, 2.24) is 9.97 Å². The Labute approximate surface area is 162 Å². The lowest BCUT2D eigenvalue weighted by molar-refractivity contribution is 0.0532. The highest BCUT2D eigenvalue weighted by Crippen LogP contribution is 2.35.